The van der Waals surface area contributed by atoms with Gasteiger partial charge in [0.25, 0.3) is 5.91 Å². The molecule has 2 rings (SSSR count). The average Bonchev–Trinajstić information content (AvgIpc) is 2.68. The van der Waals surface area contributed by atoms with Gasteiger partial charge in [-0.2, -0.15) is 0 Å². The number of amides is 2. The zero-order valence-corrected chi connectivity index (χ0v) is 19.3. The van der Waals surface area contributed by atoms with Crippen LogP contribution in [0.1, 0.15) is 36.1 Å². The second-order valence-electron chi connectivity index (χ2n) is 7.24. The van der Waals surface area contributed by atoms with E-state index in [0.717, 1.165) is 26.7 Å². The monoisotopic (exact) mass is 460 g/mol. The highest BCUT2D eigenvalue weighted by atomic mass is 79.9. The maximum Gasteiger partial charge on any atom is 0.261 e. The number of carbonyl (C=O) groups excluding carboxylic acids is 2. The molecule has 0 fully saturated rings. The van der Waals surface area contributed by atoms with E-state index in [1.807, 2.05) is 64.1 Å². The van der Waals surface area contributed by atoms with Gasteiger partial charge in [-0.3, -0.25) is 9.59 Å². The lowest BCUT2D eigenvalue weighted by molar-refractivity contribution is -0.142. The summed E-state index contributed by atoms with van der Waals surface area (Å²) in [5.41, 5.74) is 4.17. The number of hydrogen-bond donors (Lipinski definition) is 1. The van der Waals surface area contributed by atoms with Crippen molar-refractivity contribution < 1.29 is 14.3 Å². The molecule has 0 unspecified atom stereocenters. The van der Waals surface area contributed by atoms with Gasteiger partial charge in [-0.15, -0.1) is 0 Å². The van der Waals surface area contributed by atoms with Gasteiger partial charge in [0.1, 0.15) is 11.8 Å². The molecule has 5 nitrogen and oxygen atoms in total. The number of benzene rings is 2. The predicted molar refractivity (Wildman–Crippen MR) is 119 cm³/mol. The predicted octanol–water partition coefficient (Wildman–Crippen LogP) is 4.31. The van der Waals surface area contributed by atoms with E-state index in [4.69, 9.17) is 4.74 Å². The molecule has 0 spiro atoms. The van der Waals surface area contributed by atoms with Crippen molar-refractivity contribution in [3.8, 4) is 5.75 Å². The van der Waals surface area contributed by atoms with Crippen LogP contribution in [0.5, 0.6) is 5.75 Å². The van der Waals surface area contributed by atoms with Gasteiger partial charge in [-0.25, -0.2) is 0 Å². The van der Waals surface area contributed by atoms with Crippen molar-refractivity contribution in [2.75, 3.05) is 13.2 Å². The van der Waals surface area contributed by atoms with Crippen LogP contribution >= 0.6 is 15.9 Å². The number of nitrogens with zero attached hydrogens (tertiary/aromatic N) is 1. The minimum atomic E-state index is -0.597. The second-order valence-corrected chi connectivity index (χ2v) is 8.03. The fourth-order valence-electron chi connectivity index (χ4n) is 3.13. The first-order chi connectivity index (χ1) is 13.7. The molecule has 0 saturated heterocycles. The van der Waals surface area contributed by atoms with Crippen LogP contribution in [0.25, 0.3) is 0 Å². The summed E-state index contributed by atoms with van der Waals surface area (Å²) in [5, 5.41) is 2.79. The van der Waals surface area contributed by atoms with Crippen molar-refractivity contribution in [2.45, 2.75) is 47.2 Å². The molecule has 156 valence electrons. The summed E-state index contributed by atoms with van der Waals surface area (Å²) in [6.07, 6.45) is 0. The molecule has 0 saturated carbocycles. The zero-order chi connectivity index (χ0) is 21.6. The molecule has 0 heterocycles. The van der Waals surface area contributed by atoms with Crippen molar-refractivity contribution in [2.24, 2.45) is 0 Å². The normalized spacial score (nSPS) is 11.7. The largest absolute Gasteiger partial charge is 0.484 e. The molecule has 0 aliphatic heterocycles. The quantitative estimate of drug-likeness (QED) is 0.638. The SMILES string of the molecule is CCNC(=O)[C@H](C)N(Cc1cccc(C)c1)C(=O)COc1cc(C)c(Br)c(C)c1. The van der Waals surface area contributed by atoms with Gasteiger partial charge in [-0.1, -0.05) is 45.8 Å². The van der Waals surface area contributed by atoms with Gasteiger partial charge < -0.3 is 15.0 Å². The third kappa shape index (κ3) is 6.32. The Balaban J connectivity index is 2.18. The summed E-state index contributed by atoms with van der Waals surface area (Å²) in [4.78, 5) is 27.0. The number of ether oxygens (including phenoxy) is 1. The van der Waals surface area contributed by atoms with E-state index in [9.17, 15) is 9.59 Å². The number of nitrogens with one attached hydrogen (secondary N) is 1. The molecular formula is C23H29BrN2O3. The maximum atomic E-state index is 13.0. The van der Waals surface area contributed by atoms with E-state index < -0.39 is 6.04 Å². The van der Waals surface area contributed by atoms with Gasteiger partial charge >= 0.3 is 0 Å². The van der Waals surface area contributed by atoms with E-state index in [1.54, 1.807) is 11.8 Å². The summed E-state index contributed by atoms with van der Waals surface area (Å²) in [5.74, 6) is 0.227. The number of likely N-dealkylation sites (N-methyl/N-ethyl adjacent to an activating group) is 1. The van der Waals surface area contributed by atoms with Crippen LogP contribution in [0.4, 0.5) is 0 Å². The first-order valence-electron chi connectivity index (χ1n) is 9.75. The number of hydrogen-bond acceptors (Lipinski definition) is 3. The molecule has 0 bridgehead atoms. The molecule has 0 aliphatic rings. The molecule has 6 heteroatoms. The maximum absolute atomic E-state index is 13.0. The van der Waals surface area contributed by atoms with Crippen LogP contribution in [0, 0.1) is 20.8 Å². The van der Waals surface area contributed by atoms with Crippen LogP contribution in [0.2, 0.25) is 0 Å². The van der Waals surface area contributed by atoms with Gasteiger partial charge in [-0.05, 0) is 63.4 Å². The fraction of sp³-hybridized carbons (Fsp3) is 0.391. The smallest absolute Gasteiger partial charge is 0.261 e. The fourth-order valence-corrected chi connectivity index (χ4v) is 3.36. The highest BCUT2D eigenvalue weighted by Gasteiger charge is 2.26. The third-order valence-corrected chi connectivity index (χ3v) is 5.98. The number of carbonyl (C=O) groups is 2. The lowest BCUT2D eigenvalue weighted by Crippen LogP contribution is -2.49. The summed E-state index contributed by atoms with van der Waals surface area (Å²) in [7, 11) is 0. The van der Waals surface area contributed by atoms with E-state index in [-0.39, 0.29) is 18.4 Å². The Morgan fingerprint density at radius 2 is 1.79 bits per heavy atom. The molecule has 29 heavy (non-hydrogen) atoms. The number of rotatable bonds is 8. The Labute approximate surface area is 181 Å². The van der Waals surface area contributed by atoms with Crippen molar-refractivity contribution in [1.29, 1.82) is 0 Å². The topological polar surface area (TPSA) is 58.6 Å². The molecular weight excluding hydrogens is 432 g/mol. The summed E-state index contributed by atoms with van der Waals surface area (Å²) >= 11 is 3.53. The third-order valence-electron chi connectivity index (χ3n) is 4.73. The summed E-state index contributed by atoms with van der Waals surface area (Å²) in [6.45, 7) is 10.3. The highest BCUT2D eigenvalue weighted by Crippen LogP contribution is 2.26. The van der Waals surface area contributed by atoms with E-state index in [2.05, 4.69) is 21.2 Å². The lowest BCUT2D eigenvalue weighted by atomic mass is 10.1. The number of aryl methyl sites for hydroxylation is 3. The second kappa shape index (κ2) is 10.4. The number of halogens is 1. The Bertz CT molecular complexity index is 859. The Morgan fingerprint density at radius 1 is 1.14 bits per heavy atom. The van der Waals surface area contributed by atoms with Crippen molar-refractivity contribution in [3.63, 3.8) is 0 Å². The van der Waals surface area contributed by atoms with Crippen LogP contribution in [-0.2, 0) is 16.1 Å². The van der Waals surface area contributed by atoms with Crippen molar-refractivity contribution in [1.82, 2.24) is 10.2 Å². The van der Waals surface area contributed by atoms with E-state index in [1.165, 1.54) is 0 Å². The van der Waals surface area contributed by atoms with Gasteiger partial charge in [0.15, 0.2) is 6.61 Å². The van der Waals surface area contributed by atoms with E-state index in [0.29, 0.717) is 18.8 Å². The first kappa shape index (κ1) is 22.9. The van der Waals surface area contributed by atoms with Crippen LogP contribution in [0.15, 0.2) is 40.9 Å². The standard InChI is InChI=1S/C23H29BrN2O3/c1-6-25-23(28)18(5)26(13-19-9-7-8-15(2)10-19)21(27)14-29-20-11-16(3)22(24)17(4)12-20/h7-12,18H,6,13-14H2,1-5H3,(H,25,28)/t18-/m0/s1. The van der Waals surface area contributed by atoms with Crippen molar-refractivity contribution >= 4 is 27.7 Å². The zero-order valence-electron chi connectivity index (χ0n) is 17.7. The Hall–Kier alpha value is -2.34. The molecule has 2 aromatic carbocycles. The van der Waals surface area contributed by atoms with Crippen LogP contribution in [0.3, 0.4) is 0 Å². The Morgan fingerprint density at radius 3 is 2.38 bits per heavy atom. The van der Waals surface area contributed by atoms with Gasteiger partial charge in [0.05, 0.1) is 0 Å². The summed E-state index contributed by atoms with van der Waals surface area (Å²) < 4.78 is 6.80. The minimum absolute atomic E-state index is 0.129. The lowest BCUT2D eigenvalue weighted by Gasteiger charge is -2.28. The minimum Gasteiger partial charge on any atom is -0.484 e. The first-order valence-corrected chi connectivity index (χ1v) is 10.5. The van der Waals surface area contributed by atoms with Crippen molar-refractivity contribution in [3.05, 3.63) is 63.1 Å². The molecule has 1 atom stereocenters. The molecule has 2 amide bonds. The van der Waals surface area contributed by atoms with Crippen LogP contribution in [-0.4, -0.2) is 35.9 Å². The molecule has 0 radical (unpaired) electrons. The molecule has 0 aliphatic carbocycles. The van der Waals surface area contributed by atoms with Crippen LogP contribution < -0.4 is 10.1 Å². The van der Waals surface area contributed by atoms with E-state index >= 15 is 0 Å². The highest BCUT2D eigenvalue weighted by molar-refractivity contribution is 9.10. The van der Waals surface area contributed by atoms with Gasteiger partial charge in [0, 0.05) is 17.6 Å². The molecule has 0 aromatic heterocycles. The summed E-state index contributed by atoms with van der Waals surface area (Å²) in [6, 6.07) is 11.1. The average molecular weight is 461 g/mol. The van der Waals surface area contributed by atoms with Gasteiger partial charge in [0.2, 0.25) is 5.91 Å². The Kier molecular flexibility index (Phi) is 8.26. The molecule has 2 aromatic rings. The molecule has 1 N–H and O–H groups in total.